The average molecular weight is 256 g/mol. The first-order chi connectivity index (χ1) is 8.69. The molecule has 1 heteroatoms. The lowest BCUT2D eigenvalue weighted by Crippen LogP contribution is -2.04. The quantitative estimate of drug-likeness (QED) is 0.762. The summed E-state index contributed by atoms with van der Waals surface area (Å²) >= 11 is 4.50. The van der Waals surface area contributed by atoms with E-state index in [0.717, 1.165) is 12.2 Å². The molecule has 0 radical (unpaired) electrons. The van der Waals surface area contributed by atoms with Crippen molar-refractivity contribution in [3.63, 3.8) is 0 Å². The number of benzene rings is 2. The van der Waals surface area contributed by atoms with E-state index < -0.39 is 0 Å². The van der Waals surface area contributed by atoms with Gasteiger partial charge in [0.25, 0.3) is 0 Å². The summed E-state index contributed by atoms with van der Waals surface area (Å²) in [5.74, 6) is 1.38. The fraction of sp³-hybridized carbons (Fsp3) is 0.294. The molecule has 0 aliphatic rings. The smallest absolute Gasteiger partial charge is 0.00257 e. The van der Waals surface area contributed by atoms with Crippen molar-refractivity contribution in [3.8, 4) is 0 Å². The molecule has 0 aromatic heterocycles. The van der Waals surface area contributed by atoms with Gasteiger partial charge in [-0.3, -0.25) is 0 Å². The minimum atomic E-state index is 0.497. The van der Waals surface area contributed by atoms with Crippen LogP contribution in [0.15, 0.2) is 48.5 Å². The molecule has 0 N–H and O–H groups in total. The van der Waals surface area contributed by atoms with Crippen molar-refractivity contribution in [1.82, 2.24) is 0 Å². The first kappa shape index (κ1) is 13.2. The van der Waals surface area contributed by atoms with Crippen molar-refractivity contribution < 1.29 is 0 Å². The Balaban J connectivity index is 2.14. The van der Waals surface area contributed by atoms with Crippen LogP contribution in [0, 0.1) is 13.8 Å². The van der Waals surface area contributed by atoms with E-state index in [9.17, 15) is 0 Å². The highest BCUT2D eigenvalue weighted by Crippen LogP contribution is 2.22. The maximum Gasteiger partial charge on any atom is -0.00257 e. The minimum absolute atomic E-state index is 0.497. The van der Waals surface area contributed by atoms with Crippen molar-refractivity contribution >= 4 is 12.6 Å². The van der Waals surface area contributed by atoms with Gasteiger partial charge < -0.3 is 0 Å². The second-order valence-corrected chi connectivity index (χ2v) is 5.35. The summed E-state index contributed by atoms with van der Waals surface area (Å²) in [5.41, 5.74) is 5.40. The molecule has 0 bridgehead atoms. The topological polar surface area (TPSA) is 0 Å². The molecule has 0 saturated carbocycles. The molecule has 2 aromatic rings. The number of rotatable bonds is 4. The number of thiol groups is 1. The maximum absolute atomic E-state index is 4.50. The Morgan fingerprint density at radius 1 is 0.833 bits per heavy atom. The van der Waals surface area contributed by atoms with Crippen molar-refractivity contribution in [3.05, 3.63) is 70.8 Å². The Morgan fingerprint density at radius 2 is 1.33 bits per heavy atom. The molecule has 1 atom stereocenters. The molecule has 0 saturated heterocycles. The van der Waals surface area contributed by atoms with Crippen molar-refractivity contribution in [2.75, 3.05) is 5.75 Å². The van der Waals surface area contributed by atoms with E-state index >= 15 is 0 Å². The van der Waals surface area contributed by atoms with Gasteiger partial charge in [-0.1, -0.05) is 59.7 Å². The third kappa shape index (κ3) is 3.39. The van der Waals surface area contributed by atoms with Gasteiger partial charge in [-0.2, -0.15) is 12.6 Å². The van der Waals surface area contributed by atoms with Crippen LogP contribution >= 0.6 is 12.6 Å². The lowest BCUT2D eigenvalue weighted by Gasteiger charge is -2.15. The standard InChI is InChI=1S/C17H20S/c1-13-3-7-15(8-4-13)11-17(12-18)16-9-5-14(2)6-10-16/h3-10,17-18H,11-12H2,1-2H3. The second kappa shape index (κ2) is 6.10. The van der Waals surface area contributed by atoms with Gasteiger partial charge in [0.15, 0.2) is 0 Å². The Kier molecular flexibility index (Phi) is 4.48. The van der Waals surface area contributed by atoms with E-state index in [-0.39, 0.29) is 0 Å². The molecule has 1 unspecified atom stereocenters. The zero-order chi connectivity index (χ0) is 13.0. The van der Waals surface area contributed by atoms with Gasteiger partial charge >= 0.3 is 0 Å². The van der Waals surface area contributed by atoms with E-state index in [1.54, 1.807) is 0 Å². The Bertz CT molecular complexity index is 482. The van der Waals surface area contributed by atoms with Gasteiger partial charge in [-0.05, 0) is 43.1 Å². The van der Waals surface area contributed by atoms with E-state index in [1.807, 2.05) is 0 Å². The molecular weight excluding hydrogens is 236 g/mol. The van der Waals surface area contributed by atoms with Crippen LogP contribution < -0.4 is 0 Å². The summed E-state index contributed by atoms with van der Waals surface area (Å²) in [5, 5.41) is 0. The van der Waals surface area contributed by atoms with Crippen LogP contribution in [-0.2, 0) is 6.42 Å². The molecule has 0 nitrogen and oxygen atoms in total. The molecule has 0 aliphatic heterocycles. The fourth-order valence-electron chi connectivity index (χ4n) is 2.14. The largest absolute Gasteiger partial charge is 0.179 e. The van der Waals surface area contributed by atoms with Gasteiger partial charge in [0.2, 0.25) is 0 Å². The molecular formula is C17H20S. The third-order valence-electron chi connectivity index (χ3n) is 3.37. The Morgan fingerprint density at radius 3 is 1.83 bits per heavy atom. The molecule has 94 valence electrons. The van der Waals surface area contributed by atoms with Crippen LogP contribution in [0.25, 0.3) is 0 Å². The SMILES string of the molecule is Cc1ccc(CC(CS)c2ccc(C)cc2)cc1. The number of aryl methyl sites for hydroxylation is 2. The van der Waals surface area contributed by atoms with Crippen molar-refractivity contribution in [2.24, 2.45) is 0 Å². The van der Waals surface area contributed by atoms with Crippen LogP contribution in [0.1, 0.15) is 28.2 Å². The summed E-state index contributed by atoms with van der Waals surface area (Å²) in [6.45, 7) is 4.25. The first-order valence-corrected chi connectivity index (χ1v) is 7.05. The van der Waals surface area contributed by atoms with Gasteiger partial charge in [0.1, 0.15) is 0 Å². The summed E-state index contributed by atoms with van der Waals surface area (Å²) in [6.07, 6.45) is 1.06. The Labute approximate surface area is 115 Å². The van der Waals surface area contributed by atoms with Gasteiger partial charge in [0.05, 0.1) is 0 Å². The third-order valence-corrected chi connectivity index (χ3v) is 3.81. The van der Waals surface area contributed by atoms with Crippen LogP contribution in [0.3, 0.4) is 0 Å². The molecule has 0 aliphatic carbocycles. The Hall–Kier alpha value is -1.21. The summed E-state index contributed by atoms with van der Waals surface area (Å²) in [4.78, 5) is 0. The fourth-order valence-corrected chi connectivity index (χ4v) is 2.48. The van der Waals surface area contributed by atoms with Crippen molar-refractivity contribution in [2.45, 2.75) is 26.2 Å². The lowest BCUT2D eigenvalue weighted by atomic mass is 9.93. The predicted octanol–water partition coefficient (Wildman–Crippen LogP) is 4.56. The van der Waals surface area contributed by atoms with E-state index in [2.05, 4.69) is 75.0 Å². The van der Waals surface area contributed by atoms with E-state index in [4.69, 9.17) is 0 Å². The zero-order valence-electron chi connectivity index (χ0n) is 11.1. The summed E-state index contributed by atoms with van der Waals surface area (Å²) < 4.78 is 0. The van der Waals surface area contributed by atoms with Gasteiger partial charge in [-0.25, -0.2) is 0 Å². The summed E-state index contributed by atoms with van der Waals surface area (Å²) in [7, 11) is 0. The monoisotopic (exact) mass is 256 g/mol. The number of hydrogen-bond donors (Lipinski definition) is 1. The molecule has 2 rings (SSSR count). The van der Waals surface area contributed by atoms with Crippen LogP contribution in [-0.4, -0.2) is 5.75 Å². The van der Waals surface area contributed by atoms with Gasteiger partial charge in [0, 0.05) is 0 Å². The normalized spacial score (nSPS) is 12.4. The molecule has 0 fully saturated rings. The van der Waals surface area contributed by atoms with Gasteiger partial charge in [-0.15, -0.1) is 0 Å². The molecule has 0 heterocycles. The average Bonchev–Trinajstić information content (AvgIpc) is 2.39. The van der Waals surface area contributed by atoms with Crippen LogP contribution in [0.2, 0.25) is 0 Å². The van der Waals surface area contributed by atoms with Crippen LogP contribution in [0.5, 0.6) is 0 Å². The highest BCUT2D eigenvalue weighted by Gasteiger charge is 2.10. The van der Waals surface area contributed by atoms with E-state index in [1.165, 1.54) is 22.3 Å². The van der Waals surface area contributed by atoms with E-state index in [0.29, 0.717) is 5.92 Å². The van der Waals surface area contributed by atoms with Crippen molar-refractivity contribution in [1.29, 1.82) is 0 Å². The molecule has 18 heavy (non-hydrogen) atoms. The zero-order valence-corrected chi connectivity index (χ0v) is 12.0. The highest BCUT2D eigenvalue weighted by atomic mass is 32.1. The molecule has 2 aromatic carbocycles. The molecule has 0 amide bonds. The minimum Gasteiger partial charge on any atom is -0.179 e. The molecule has 0 spiro atoms. The van der Waals surface area contributed by atoms with Crippen LogP contribution in [0.4, 0.5) is 0 Å². The maximum atomic E-state index is 4.50. The first-order valence-electron chi connectivity index (χ1n) is 6.42. The second-order valence-electron chi connectivity index (χ2n) is 4.98. The highest BCUT2D eigenvalue weighted by molar-refractivity contribution is 7.80. The predicted molar refractivity (Wildman–Crippen MR) is 82.7 cm³/mol. The lowest BCUT2D eigenvalue weighted by molar-refractivity contribution is 0.772. The number of hydrogen-bond acceptors (Lipinski definition) is 1. The summed E-state index contributed by atoms with van der Waals surface area (Å²) in [6, 6.07) is 17.6.